The molecule has 5 aromatic rings. The molecule has 130 valence electrons. The van der Waals surface area contributed by atoms with Crippen molar-refractivity contribution in [2.24, 2.45) is 5.84 Å². The summed E-state index contributed by atoms with van der Waals surface area (Å²) >= 11 is 0. The quantitative estimate of drug-likeness (QED) is 0.330. The Morgan fingerprint density at radius 1 is 0.519 bits per heavy atom. The Kier molecular flexibility index (Phi) is 3.66. The van der Waals surface area contributed by atoms with Gasteiger partial charge in [0.1, 0.15) is 0 Å². The monoisotopic (exact) mass is 349 g/mol. The Morgan fingerprint density at radius 3 is 1.59 bits per heavy atom. The highest BCUT2D eigenvalue weighted by Gasteiger charge is 2.11. The van der Waals surface area contributed by atoms with Gasteiger partial charge in [-0.3, -0.25) is 5.01 Å². The van der Waals surface area contributed by atoms with Crippen LogP contribution in [-0.2, 0) is 0 Å². The van der Waals surface area contributed by atoms with Crippen molar-refractivity contribution in [3.05, 3.63) is 103 Å². The standard InChI is InChI=1S/C24H19N3/c25-27(19-8-2-1-3-9-19)20-16-14-18(15-17-20)26-23-12-6-4-10-21(23)22-11-5-7-13-24(22)26/h1-17H,25H2. The van der Waals surface area contributed by atoms with Gasteiger partial charge in [-0.15, -0.1) is 0 Å². The largest absolute Gasteiger partial charge is 0.309 e. The first-order chi connectivity index (χ1) is 13.3. The molecule has 0 atom stereocenters. The Hall–Kier alpha value is -3.56. The second-order valence-electron chi connectivity index (χ2n) is 6.59. The van der Waals surface area contributed by atoms with E-state index in [1.165, 1.54) is 21.8 Å². The molecule has 1 heterocycles. The summed E-state index contributed by atoms with van der Waals surface area (Å²) in [5.41, 5.74) is 5.45. The van der Waals surface area contributed by atoms with Crippen LogP contribution in [0.3, 0.4) is 0 Å². The summed E-state index contributed by atoms with van der Waals surface area (Å²) in [5, 5.41) is 4.24. The van der Waals surface area contributed by atoms with Gasteiger partial charge < -0.3 is 4.57 Å². The zero-order chi connectivity index (χ0) is 18.2. The second-order valence-corrected chi connectivity index (χ2v) is 6.59. The van der Waals surface area contributed by atoms with Crippen molar-refractivity contribution in [1.29, 1.82) is 0 Å². The number of nitrogens with two attached hydrogens (primary N) is 1. The molecule has 0 fully saturated rings. The van der Waals surface area contributed by atoms with Crippen LogP contribution in [0.15, 0.2) is 103 Å². The number of hydrogen-bond donors (Lipinski definition) is 1. The molecule has 3 heteroatoms. The number of para-hydroxylation sites is 3. The first kappa shape index (κ1) is 15.7. The molecule has 0 aliphatic carbocycles. The molecule has 2 N–H and O–H groups in total. The zero-order valence-electron chi connectivity index (χ0n) is 14.8. The molecule has 0 amide bonds. The van der Waals surface area contributed by atoms with E-state index in [-0.39, 0.29) is 0 Å². The van der Waals surface area contributed by atoms with Crippen molar-refractivity contribution in [2.45, 2.75) is 0 Å². The lowest BCUT2D eigenvalue weighted by atomic mass is 10.2. The van der Waals surface area contributed by atoms with E-state index in [9.17, 15) is 0 Å². The average molecular weight is 349 g/mol. The lowest BCUT2D eigenvalue weighted by molar-refractivity contribution is 1.08. The number of rotatable bonds is 3. The molecule has 0 unspecified atom stereocenters. The van der Waals surface area contributed by atoms with Gasteiger partial charge in [0, 0.05) is 16.5 Å². The van der Waals surface area contributed by atoms with E-state index in [0.29, 0.717) is 0 Å². The molecular formula is C24H19N3. The third kappa shape index (κ3) is 2.57. The van der Waals surface area contributed by atoms with Gasteiger partial charge in [-0.25, -0.2) is 5.84 Å². The van der Waals surface area contributed by atoms with E-state index < -0.39 is 0 Å². The van der Waals surface area contributed by atoms with Gasteiger partial charge in [-0.1, -0.05) is 54.6 Å². The highest BCUT2D eigenvalue weighted by molar-refractivity contribution is 6.09. The van der Waals surface area contributed by atoms with Gasteiger partial charge in [0.05, 0.1) is 22.4 Å². The molecule has 3 nitrogen and oxygen atoms in total. The Morgan fingerprint density at radius 2 is 1.00 bits per heavy atom. The Labute approximate surface area is 157 Å². The molecule has 27 heavy (non-hydrogen) atoms. The van der Waals surface area contributed by atoms with Crippen molar-refractivity contribution in [1.82, 2.24) is 4.57 Å². The molecule has 1 aromatic heterocycles. The van der Waals surface area contributed by atoms with Crippen LogP contribution in [0.2, 0.25) is 0 Å². The molecule has 0 aliphatic rings. The fraction of sp³-hybridized carbons (Fsp3) is 0. The molecule has 4 aromatic carbocycles. The number of hydrogen-bond acceptors (Lipinski definition) is 2. The summed E-state index contributed by atoms with van der Waals surface area (Å²) in [6.45, 7) is 0. The highest BCUT2D eigenvalue weighted by atomic mass is 15.4. The third-order valence-electron chi connectivity index (χ3n) is 5.00. The van der Waals surface area contributed by atoms with Crippen LogP contribution in [0, 0.1) is 0 Å². The normalized spacial score (nSPS) is 11.1. The van der Waals surface area contributed by atoms with Crippen molar-refractivity contribution in [2.75, 3.05) is 5.01 Å². The number of aromatic nitrogens is 1. The number of anilines is 2. The average Bonchev–Trinajstić information content (AvgIpc) is 3.08. The topological polar surface area (TPSA) is 34.2 Å². The van der Waals surface area contributed by atoms with Crippen LogP contribution in [0.25, 0.3) is 27.5 Å². The number of benzene rings is 4. The highest BCUT2D eigenvalue weighted by Crippen LogP contribution is 2.32. The first-order valence-electron chi connectivity index (χ1n) is 9.01. The molecule has 0 saturated carbocycles. The second kappa shape index (κ2) is 6.31. The first-order valence-corrected chi connectivity index (χ1v) is 9.01. The van der Waals surface area contributed by atoms with E-state index in [1.807, 2.05) is 30.3 Å². The maximum absolute atomic E-state index is 6.29. The number of hydrazine groups is 1. The predicted octanol–water partition coefficient (Wildman–Crippen LogP) is 5.80. The van der Waals surface area contributed by atoms with E-state index in [2.05, 4.69) is 77.4 Å². The van der Waals surface area contributed by atoms with Gasteiger partial charge in [0.25, 0.3) is 0 Å². The van der Waals surface area contributed by atoms with Gasteiger partial charge in [0.2, 0.25) is 0 Å². The van der Waals surface area contributed by atoms with E-state index in [0.717, 1.165) is 17.1 Å². The summed E-state index contributed by atoms with van der Waals surface area (Å²) in [7, 11) is 0. The van der Waals surface area contributed by atoms with Crippen LogP contribution < -0.4 is 10.9 Å². The molecule has 0 aliphatic heterocycles. The molecule has 0 radical (unpaired) electrons. The predicted molar refractivity (Wildman–Crippen MR) is 114 cm³/mol. The fourth-order valence-electron chi connectivity index (χ4n) is 3.70. The zero-order valence-corrected chi connectivity index (χ0v) is 14.8. The van der Waals surface area contributed by atoms with E-state index >= 15 is 0 Å². The molecular weight excluding hydrogens is 330 g/mol. The summed E-state index contributed by atoms with van der Waals surface area (Å²) in [5.74, 6) is 6.29. The maximum Gasteiger partial charge on any atom is 0.0576 e. The fourth-order valence-corrected chi connectivity index (χ4v) is 3.70. The number of nitrogens with zero attached hydrogens (tertiary/aromatic N) is 2. The summed E-state index contributed by atoms with van der Waals surface area (Å²) < 4.78 is 2.30. The maximum atomic E-state index is 6.29. The van der Waals surface area contributed by atoms with Gasteiger partial charge in [-0.2, -0.15) is 0 Å². The summed E-state index contributed by atoms with van der Waals surface area (Å²) in [6.07, 6.45) is 0. The van der Waals surface area contributed by atoms with Crippen molar-refractivity contribution >= 4 is 33.2 Å². The molecule has 0 spiro atoms. The van der Waals surface area contributed by atoms with Gasteiger partial charge >= 0.3 is 0 Å². The van der Waals surface area contributed by atoms with Gasteiger partial charge in [-0.05, 0) is 48.5 Å². The molecule has 5 rings (SSSR count). The SMILES string of the molecule is NN(c1ccccc1)c1ccc(-n2c3ccccc3c3ccccc32)cc1. The van der Waals surface area contributed by atoms with Crippen molar-refractivity contribution in [3.8, 4) is 5.69 Å². The lowest BCUT2D eigenvalue weighted by Gasteiger charge is -2.19. The minimum absolute atomic E-state index is 0.950. The summed E-state index contributed by atoms with van der Waals surface area (Å²) in [4.78, 5) is 0. The van der Waals surface area contributed by atoms with E-state index in [4.69, 9.17) is 5.84 Å². The van der Waals surface area contributed by atoms with Crippen LogP contribution in [0.5, 0.6) is 0 Å². The Balaban J connectivity index is 1.63. The minimum atomic E-state index is 0.950. The van der Waals surface area contributed by atoms with Crippen LogP contribution in [0.1, 0.15) is 0 Å². The minimum Gasteiger partial charge on any atom is -0.309 e. The third-order valence-corrected chi connectivity index (χ3v) is 5.00. The van der Waals surface area contributed by atoms with Crippen molar-refractivity contribution in [3.63, 3.8) is 0 Å². The lowest BCUT2D eigenvalue weighted by Crippen LogP contribution is -2.24. The Bertz CT molecular complexity index is 1170. The summed E-state index contributed by atoms with van der Waals surface area (Å²) in [6, 6.07) is 35.4. The molecule has 0 bridgehead atoms. The van der Waals surface area contributed by atoms with Crippen LogP contribution >= 0.6 is 0 Å². The van der Waals surface area contributed by atoms with E-state index in [1.54, 1.807) is 5.01 Å². The van der Waals surface area contributed by atoms with Crippen molar-refractivity contribution < 1.29 is 0 Å². The smallest absolute Gasteiger partial charge is 0.0576 e. The number of fused-ring (bicyclic) bond motifs is 3. The van der Waals surface area contributed by atoms with Crippen LogP contribution in [-0.4, -0.2) is 4.57 Å². The van der Waals surface area contributed by atoms with Gasteiger partial charge in [0.15, 0.2) is 0 Å². The molecule has 0 saturated heterocycles. The van der Waals surface area contributed by atoms with Crippen LogP contribution in [0.4, 0.5) is 11.4 Å².